The number of primary amides is 1. The zero-order valence-electron chi connectivity index (χ0n) is 27.0. The molecule has 0 bridgehead atoms. The summed E-state index contributed by atoms with van der Waals surface area (Å²) < 4.78 is 5.32. The topological polar surface area (TPSA) is 180 Å². The molecule has 3 rings (SSSR count). The van der Waals surface area contributed by atoms with Crippen molar-refractivity contribution in [1.29, 1.82) is 0 Å². The molecule has 0 saturated carbocycles. The van der Waals surface area contributed by atoms with Crippen LogP contribution >= 0.6 is 0 Å². The molecule has 7 amide bonds. The van der Waals surface area contributed by atoms with Crippen molar-refractivity contribution in [3.63, 3.8) is 0 Å². The molecule has 1 aliphatic heterocycles. The van der Waals surface area contributed by atoms with Crippen LogP contribution in [0.3, 0.4) is 0 Å². The zero-order chi connectivity index (χ0) is 34.3. The van der Waals surface area contributed by atoms with Gasteiger partial charge in [0.15, 0.2) is 0 Å². The van der Waals surface area contributed by atoms with Gasteiger partial charge < -0.3 is 31.3 Å². The molecule has 0 unspecified atom stereocenters. The summed E-state index contributed by atoms with van der Waals surface area (Å²) in [5.74, 6) is -2.31. The molecule has 13 nitrogen and oxygen atoms in total. The lowest BCUT2D eigenvalue weighted by Gasteiger charge is -2.25. The first-order valence-electron chi connectivity index (χ1n) is 15.6. The fourth-order valence-corrected chi connectivity index (χ4v) is 4.88. The number of alkyl carbamates (subject to hydrolysis) is 1. The first-order chi connectivity index (χ1) is 22.4. The number of amides is 7. The second kappa shape index (κ2) is 18.1. The molecule has 3 atom stereocenters. The van der Waals surface area contributed by atoms with Gasteiger partial charge in [0.2, 0.25) is 17.7 Å². The van der Waals surface area contributed by atoms with E-state index in [1.54, 1.807) is 19.2 Å². The Bertz CT molecular complexity index is 1420. The van der Waals surface area contributed by atoms with Gasteiger partial charge in [-0.25, -0.2) is 9.59 Å². The molecule has 252 valence electrons. The van der Waals surface area contributed by atoms with Gasteiger partial charge in [0, 0.05) is 45.1 Å². The van der Waals surface area contributed by atoms with Crippen LogP contribution in [0.2, 0.25) is 0 Å². The van der Waals surface area contributed by atoms with Crippen molar-refractivity contribution < 1.29 is 33.5 Å². The van der Waals surface area contributed by atoms with Gasteiger partial charge in [-0.1, -0.05) is 80.6 Å². The summed E-state index contributed by atoms with van der Waals surface area (Å²) in [7, 11) is 1.59. The molecule has 2 aromatic rings. The largest absolute Gasteiger partial charge is 0.445 e. The Labute approximate surface area is 274 Å². The molecule has 1 fully saturated rings. The van der Waals surface area contributed by atoms with Gasteiger partial charge in [-0.05, 0) is 29.9 Å². The van der Waals surface area contributed by atoms with Gasteiger partial charge in [-0.15, -0.1) is 0 Å². The monoisotopic (exact) mass is 648 g/mol. The number of ether oxygens (including phenoxy) is 1. The average molecular weight is 649 g/mol. The summed E-state index contributed by atoms with van der Waals surface area (Å²) in [4.78, 5) is 79.0. The molecule has 47 heavy (non-hydrogen) atoms. The molecular weight excluding hydrogens is 604 g/mol. The van der Waals surface area contributed by atoms with Crippen molar-refractivity contribution in [2.75, 3.05) is 20.1 Å². The molecular formula is C34H44N6O7. The van der Waals surface area contributed by atoms with Crippen LogP contribution in [-0.2, 0) is 36.9 Å². The number of benzene rings is 2. The highest BCUT2D eigenvalue weighted by atomic mass is 16.5. The SMILES string of the molecule is CC(C)C[C@H](NC(=O)OCc1ccccc1)C(=O)N[C@@H](Cc1ccccc1)C(=O)N[C@H](/C=C/C(=O)N1CCN(C)C1=O)CCC(N)=O. The summed E-state index contributed by atoms with van der Waals surface area (Å²) in [5.41, 5.74) is 6.90. The van der Waals surface area contributed by atoms with Crippen LogP contribution in [0, 0.1) is 5.92 Å². The minimum Gasteiger partial charge on any atom is -0.445 e. The van der Waals surface area contributed by atoms with Crippen molar-refractivity contribution in [2.24, 2.45) is 11.7 Å². The van der Waals surface area contributed by atoms with Gasteiger partial charge >= 0.3 is 12.1 Å². The number of rotatable bonds is 16. The normalized spacial score (nSPS) is 14.9. The third kappa shape index (κ3) is 12.3. The fraction of sp³-hybridized carbons (Fsp3) is 0.412. The Morgan fingerprint density at radius 3 is 2.06 bits per heavy atom. The van der Waals surface area contributed by atoms with Crippen LogP contribution in [0.5, 0.6) is 0 Å². The van der Waals surface area contributed by atoms with Crippen molar-refractivity contribution in [1.82, 2.24) is 25.8 Å². The Hall–Kier alpha value is -5.20. The minimum atomic E-state index is -1.09. The van der Waals surface area contributed by atoms with Crippen LogP contribution in [-0.4, -0.2) is 83.8 Å². The van der Waals surface area contributed by atoms with Crippen LogP contribution in [0.1, 0.15) is 44.2 Å². The predicted molar refractivity (Wildman–Crippen MR) is 174 cm³/mol. The van der Waals surface area contributed by atoms with E-state index in [1.165, 1.54) is 17.1 Å². The van der Waals surface area contributed by atoms with E-state index in [4.69, 9.17) is 10.5 Å². The van der Waals surface area contributed by atoms with E-state index in [1.807, 2.05) is 62.4 Å². The Morgan fingerprint density at radius 2 is 1.49 bits per heavy atom. The number of hydrogen-bond acceptors (Lipinski definition) is 7. The molecule has 1 saturated heterocycles. The van der Waals surface area contributed by atoms with Gasteiger partial charge in [0.1, 0.15) is 18.7 Å². The van der Waals surface area contributed by atoms with E-state index in [0.29, 0.717) is 6.54 Å². The van der Waals surface area contributed by atoms with Crippen LogP contribution in [0.25, 0.3) is 0 Å². The first-order valence-corrected chi connectivity index (χ1v) is 15.6. The van der Waals surface area contributed by atoms with Crippen molar-refractivity contribution in [3.8, 4) is 0 Å². The van der Waals surface area contributed by atoms with Crippen LogP contribution < -0.4 is 21.7 Å². The fourth-order valence-electron chi connectivity index (χ4n) is 4.88. The summed E-state index contributed by atoms with van der Waals surface area (Å²) in [6, 6.07) is 14.8. The third-order valence-corrected chi connectivity index (χ3v) is 7.43. The predicted octanol–water partition coefficient (Wildman–Crippen LogP) is 2.26. The number of carbonyl (C=O) groups is 6. The number of likely N-dealkylation sites (N-methyl/N-ethyl adjacent to an activating group) is 1. The summed E-state index contributed by atoms with van der Waals surface area (Å²) >= 11 is 0. The smallest absolute Gasteiger partial charge is 0.408 e. The highest BCUT2D eigenvalue weighted by Crippen LogP contribution is 2.11. The molecule has 0 aromatic heterocycles. The molecule has 13 heteroatoms. The maximum Gasteiger partial charge on any atom is 0.408 e. The molecule has 1 heterocycles. The lowest BCUT2D eigenvalue weighted by molar-refractivity contribution is -0.130. The van der Waals surface area contributed by atoms with E-state index in [2.05, 4.69) is 16.0 Å². The number of nitrogens with zero attached hydrogens (tertiary/aromatic N) is 2. The average Bonchev–Trinajstić information content (AvgIpc) is 3.38. The number of urea groups is 1. The maximum atomic E-state index is 13.7. The Balaban J connectivity index is 1.76. The Kier molecular flexibility index (Phi) is 13.9. The summed E-state index contributed by atoms with van der Waals surface area (Å²) in [6.45, 7) is 4.45. The minimum absolute atomic E-state index is 0.0182. The van der Waals surface area contributed by atoms with E-state index in [0.717, 1.165) is 16.0 Å². The Morgan fingerprint density at radius 1 is 0.872 bits per heavy atom. The van der Waals surface area contributed by atoms with E-state index < -0.39 is 53.9 Å². The standard InChI is InChI=1S/C34H44N6O7/c1-23(2)20-27(38-33(45)47-22-25-12-8-5-9-13-25)32(44)37-28(21-24-10-6-4-7-11-24)31(43)36-26(14-16-29(35)41)15-17-30(42)40-19-18-39(3)34(40)46/h4-13,15,17,23,26-28H,14,16,18-22H2,1-3H3,(H2,35,41)(H,36,43)(H,37,44)(H,38,45)/b17-15+/t26-,27-,28-/m0/s1. The second-order valence-electron chi connectivity index (χ2n) is 11.8. The summed E-state index contributed by atoms with van der Waals surface area (Å²) in [6.07, 6.45) is 2.20. The van der Waals surface area contributed by atoms with Gasteiger partial charge in [-0.2, -0.15) is 0 Å². The van der Waals surface area contributed by atoms with Gasteiger partial charge in [0.25, 0.3) is 5.91 Å². The van der Waals surface area contributed by atoms with E-state index in [9.17, 15) is 28.8 Å². The lowest BCUT2D eigenvalue weighted by atomic mass is 10.0. The van der Waals surface area contributed by atoms with Crippen molar-refractivity contribution in [3.05, 3.63) is 83.9 Å². The molecule has 5 N–H and O–H groups in total. The number of hydrogen-bond donors (Lipinski definition) is 4. The molecule has 2 aromatic carbocycles. The molecule has 0 aliphatic carbocycles. The number of imide groups is 1. The van der Waals surface area contributed by atoms with Crippen molar-refractivity contribution in [2.45, 2.75) is 64.3 Å². The van der Waals surface area contributed by atoms with E-state index in [-0.39, 0.29) is 44.8 Å². The highest BCUT2D eigenvalue weighted by Gasteiger charge is 2.31. The molecule has 0 radical (unpaired) electrons. The third-order valence-electron chi connectivity index (χ3n) is 7.43. The quantitative estimate of drug-likeness (QED) is 0.202. The second-order valence-corrected chi connectivity index (χ2v) is 11.8. The van der Waals surface area contributed by atoms with Crippen LogP contribution in [0.15, 0.2) is 72.8 Å². The van der Waals surface area contributed by atoms with Crippen molar-refractivity contribution >= 4 is 35.8 Å². The maximum absolute atomic E-state index is 13.7. The zero-order valence-corrected chi connectivity index (χ0v) is 27.0. The number of carbonyl (C=O) groups excluding carboxylic acids is 6. The lowest BCUT2D eigenvalue weighted by Crippen LogP contribution is -2.55. The van der Waals surface area contributed by atoms with Gasteiger partial charge in [0.05, 0.1) is 0 Å². The number of nitrogens with one attached hydrogen (secondary N) is 3. The molecule has 1 aliphatic rings. The van der Waals surface area contributed by atoms with E-state index >= 15 is 0 Å². The number of nitrogens with two attached hydrogens (primary N) is 1. The first kappa shape index (κ1) is 36.3. The van der Waals surface area contributed by atoms with Gasteiger partial charge in [-0.3, -0.25) is 24.1 Å². The van der Waals surface area contributed by atoms with Crippen LogP contribution in [0.4, 0.5) is 9.59 Å². The highest BCUT2D eigenvalue weighted by molar-refractivity contribution is 6.01. The molecule has 0 spiro atoms. The summed E-state index contributed by atoms with van der Waals surface area (Å²) in [5, 5.41) is 8.20.